The molecular weight excluding hydrogens is 512 g/mol. The first-order chi connectivity index (χ1) is 18.5. The molecule has 0 atom stereocenters. The lowest BCUT2D eigenvalue weighted by Crippen LogP contribution is -2.46. The van der Waals surface area contributed by atoms with Gasteiger partial charge in [-0.15, -0.1) is 0 Å². The third-order valence-electron chi connectivity index (χ3n) is 8.11. The van der Waals surface area contributed by atoms with Crippen LogP contribution in [0, 0.1) is 0 Å². The van der Waals surface area contributed by atoms with Crippen molar-refractivity contribution in [3.63, 3.8) is 0 Å². The number of benzene rings is 1. The number of nitrogens with one attached hydrogen (secondary N) is 1. The van der Waals surface area contributed by atoms with Gasteiger partial charge in [0.25, 0.3) is 12.3 Å². The first kappa shape index (κ1) is 27.2. The molecule has 0 unspecified atom stereocenters. The second kappa shape index (κ2) is 10.7. The summed E-state index contributed by atoms with van der Waals surface area (Å²) in [7, 11) is 1.74. The number of hydrogen-bond donors (Lipinski definition) is 2. The van der Waals surface area contributed by atoms with Gasteiger partial charge in [-0.05, 0) is 48.9 Å². The summed E-state index contributed by atoms with van der Waals surface area (Å²) in [4.78, 5) is 13.9. The van der Waals surface area contributed by atoms with E-state index in [2.05, 4.69) is 10.4 Å². The van der Waals surface area contributed by atoms with E-state index in [-0.39, 0.29) is 36.9 Å². The number of hydrogen-bond acceptors (Lipinski definition) is 3. The van der Waals surface area contributed by atoms with E-state index in [1.54, 1.807) is 29.0 Å². The van der Waals surface area contributed by atoms with Gasteiger partial charge in [0, 0.05) is 68.8 Å². The van der Waals surface area contributed by atoms with Gasteiger partial charge >= 0.3 is 0 Å². The Kier molecular flexibility index (Phi) is 7.43. The highest BCUT2D eigenvalue weighted by atomic mass is 19.3. The number of halogens is 4. The van der Waals surface area contributed by atoms with E-state index < -0.39 is 12.3 Å². The van der Waals surface area contributed by atoms with E-state index in [4.69, 9.17) is 5.73 Å². The van der Waals surface area contributed by atoms with Crippen LogP contribution in [0.5, 0.6) is 0 Å². The monoisotopic (exact) mass is 547 g/mol. The molecule has 11 heteroatoms. The number of amidine groups is 1. The predicted octanol–water partition coefficient (Wildman–Crippen LogP) is 4.65. The normalized spacial score (nSPS) is 21.3. The van der Waals surface area contributed by atoms with Crippen molar-refractivity contribution in [1.82, 2.24) is 20.0 Å². The predicted molar refractivity (Wildman–Crippen MR) is 140 cm³/mol. The Labute approximate surface area is 225 Å². The lowest BCUT2D eigenvalue weighted by atomic mass is 9.91. The molecule has 39 heavy (non-hydrogen) atoms. The molecule has 1 aliphatic carbocycles. The molecular formula is C28H35F4N6O+. The molecule has 1 aromatic carbocycles. The first-order valence-corrected chi connectivity index (χ1v) is 13.5. The highest BCUT2D eigenvalue weighted by Crippen LogP contribution is 2.39. The number of carbonyl (C=O) groups is 1. The highest BCUT2D eigenvalue weighted by molar-refractivity contribution is 5.96. The van der Waals surface area contributed by atoms with Crippen LogP contribution in [-0.2, 0) is 18.3 Å². The van der Waals surface area contributed by atoms with Gasteiger partial charge in [-0.3, -0.25) is 15.2 Å². The summed E-state index contributed by atoms with van der Waals surface area (Å²) in [5.41, 5.74) is 10.9. The second-order valence-corrected chi connectivity index (χ2v) is 10.8. The van der Waals surface area contributed by atoms with Gasteiger partial charge in [0.2, 0.25) is 11.8 Å². The zero-order chi connectivity index (χ0) is 27.9. The van der Waals surface area contributed by atoms with Crippen LogP contribution in [0.1, 0.15) is 63.0 Å². The number of rotatable bonds is 5. The first-order valence-electron chi connectivity index (χ1n) is 13.5. The quantitative estimate of drug-likeness (QED) is 0.325. The minimum Gasteiger partial charge on any atom is -0.385 e. The Morgan fingerprint density at radius 3 is 2.62 bits per heavy atom. The molecule has 1 amide bonds. The minimum absolute atomic E-state index is 0.0863. The molecule has 0 radical (unpaired) electrons. The number of nitrogens with two attached hydrogens (primary N) is 1. The lowest BCUT2D eigenvalue weighted by Gasteiger charge is -2.34. The Morgan fingerprint density at radius 2 is 1.97 bits per heavy atom. The molecule has 0 saturated heterocycles. The SMILES string of the molecule is CC(=O)N1CCC(NC2CCC(F)(F)CC2)=C(C(N)=[N+]2CCCc3cc(-c4cnn(C)c4)c(C(F)F)cc32)C1. The lowest BCUT2D eigenvalue weighted by molar-refractivity contribution is -0.447. The minimum atomic E-state index is -2.70. The van der Waals surface area contributed by atoms with Crippen molar-refractivity contribution in [2.24, 2.45) is 12.8 Å². The molecule has 2 aliphatic heterocycles. The average Bonchev–Trinajstić information content (AvgIpc) is 3.34. The fraction of sp³-hybridized carbons (Fsp3) is 0.536. The Morgan fingerprint density at radius 1 is 1.23 bits per heavy atom. The van der Waals surface area contributed by atoms with E-state index in [0.29, 0.717) is 55.0 Å². The molecule has 0 bridgehead atoms. The number of fused-ring (bicyclic) bond motifs is 1. The van der Waals surface area contributed by atoms with Crippen LogP contribution >= 0.6 is 0 Å². The second-order valence-electron chi connectivity index (χ2n) is 10.8. The van der Waals surface area contributed by atoms with Crippen molar-refractivity contribution < 1.29 is 26.9 Å². The molecule has 1 aromatic heterocycles. The topological polar surface area (TPSA) is 79.2 Å². The van der Waals surface area contributed by atoms with Gasteiger partial charge < -0.3 is 10.2 Å². The summed E-state index contributed by atoms with van der Waals surface area (Å²) in [5.74, 6) is -2.32. The van der Waals surface area contributed by atoms with E-state index in [1.807, 2.05) is 10.6 Å². The van der Waals surface area contributed by atoms with Gasteiger partial charge in [0.05, 0.1) is 24.9 Å². The Hall–Kier alpha value is -3.37. The van der Waals surface area contributed by atoms with Crippen molar-refractivity contribution in [1.29, 1.82) is 0 Å². The maximum atomic E-state index is 14.3. The van der Waals surface area contributed by atoms with Crippen molar-refractivity contribution in [2.45, 2.75) is 70.3 Å². The smallest absolute Gasteiger partial charge is 0.279 e. The van der Waals surface area contributed by atoms with Crippen molar-refractivity contribution in [3.05, 3.63) is 46.9 Å². The molecule has 1 saturated carbocycles. The molecule has 3 aliphatic rings. The summed E-state index contributed by atoms with van der Waals surface area (Å²) in [6, 6.07) is 3.23. The van der Waals surface area contributed by atoms with Crippen LogP contribution in [0.15, 0.2) is 35.8 Å². The molecule has 3 N–H and O–H groups in total. The maximum Gasteiger partial charge on any atom is 0.279 e. The standard InChI is InChI=1S/C28H34F4N6O/c1-17(39)37-11-7-24(35-20-5-8-28(31,32)9-6-20)23(16-37)27(33)38-10-3-4-18-12-21(19-14-34-36(2)15-19)22(26(29)30)13-25(18)38/h12-15,20,26H,3-11,16H2,1-2H3,(H2,33,35)/p+1. The number of nitrogens with zero attached hydrogens (tertiary/aromatic N) is 4. The van der Waals surface area contributed by atoms with Crippen LogP contribution in [0.4, 0.5) is 23.2 Å². The van der Waals surface area contributed by atoms with E-state index >= 15 is 0 Å². The zero-order valence-corrected chi connectivity index (χ0v) is 22.3. The highest BCUT2D eigenvalue weighted by Gasteiger charge is 2.37. The van der Waals surface area contributed by atoms with Crippen molar-refractivity contribution in [3.8, 4) is 11.1 Å². The zero-order valence-electron chi connectivity index (χ0n) is 22.3. The molecule has 3 heterocycles. The fourth-order valence-corrected chi connectivity index (χ4v) is 5.91. The molecule has 5 rings (SSSR count). The van der Waals surface area contributed by atoms with Crippen LogP contribution in [0.25, 0.3) is 11.1 Å². The number of alkyl halides is 4. The number of aromatic nitrogens is 2. The van der Waals surface area contributed by atoms with Gasteiger partial charge in [0.1, 0.15) is 5.69 Å². The van der Waals surface area contributed by atoms with E-state index in [1.165, 1.54) is 13.0 Å². The summed E-state index contributed by atoms with van der Waals surface area (Å²) in [5, 5.41) is 7.61. The maximum absolute atomic E-state index is 14.3. The fourth-order valence-electron chi connectivity index (χ4n) is 5.91. The van der Waals surface area contributed by atoms with E-state index in [9.17, 15) is 22.4 Å². The van der Waals surface area contributed by atoms with Crippen molar-refractivity contribution >= 4 is 17.4 Å². The van der Waals surface area contributed by atoms with Crippen LogP contribution < -0.4 is 11.1 Å². The van der Waals surface area contributed by atoms with Gasteiger partial charge in [0.15, 0.2) is 0 Å². The van der Waals surface area contributed by atoms with Crippen LogP contribution in [-0.4, -0.2) is 62.6 Å². The van der Waals surface area contributed by atoms with Crippen LogP contribution in [0.3, 0.4) is 0 Å². The van der Waals surface area contributed by atoms with Crippen LogP contribution in [0.2, 0.25) is 0 Å². The van der Waals surface area contributed by atoms with Gasteiger partial charge in [-0.2, -0.15) is 5.10 Å². The Bertz CT molecular complexity index is 1320. The number of aryl methyl sites for hydroxylation is 2. The summed E-state index contributed by atoms with van der Waals surface area (Å²) in [6.45, 7) is 2.81. The molecule has 7 nitrogen and oxygen atoms in total. The molecule has 210 valence electrons. The third kappa shape index (κ3) is 5.67. The molecule has 1 fully saturated rings. The van der Waals surface area contributed by atoms with E-state index in [0.717, 1.165) is 29.7 Å². The average molecular weight is 548 g/mol. The van der Waals surface area contributed by atoms with Crippen molar-refractivity contribution in [2.75, 3.05) is 19.6 Å². The third-order valence-corrected chi connectivity index (χ3v) is 8.11. The molecule has 0 spiro atoms. The number of carbonyl (C=O) groups excluding carboxylic acids is 1. The number of amides is 1. The van der Waals surface area contributed by atoms with Gasteiger partial charge in [-0.1, -0.05) is 0 Å². The Balaban J connectivity index is 1.56. The van der Waals surface area contributed by atoms with Gasteiger partial charge in [-0.25, -0.2) is 22.1 Å². The summed E-state index contributed by atoms with van der Waals surface area (Å²) >= 11 is 0. The summed E-state index contributed by atoms with van der Waals surface area (Å²) in [6.07, 6.45) is 2.98. The largest absolute Gasteiger partial charge is 0.385 e. The summed E-state index contributed by atoms with van der Waals surface area (Å²) < 4.78 is 59.5. The molecule has 2 aromatic rings.